The second-order valence-corrected chi connectivity index (χ2v) is 8.67. The predicted molar refractivity (Wildman–Crippen MR) is 122 cm³/mol. The van der Waals surface area contributed by atoms with Crippen LogP contribution in [-0.4, -0.2) is 40.6 Å². The monoisotopic (exact) mass is 473 g/mol. The second kappa shape index (κ2) is 9.13. The number of aryl methyl sites for hydroxylation is 1. The highest BCUT2D eigenvalue weighted by Gasteiger charge is 2.43. The van der Waals surface area contributed by atoms with Gasteiger partial charge in [-0.15, -0.1) is 0 Å². The van der Waals surface area contributed by atoms with Crippen LogP contribution in [0.4, 0.5) is 13.2 Å². The molecule has 34 heavy (non-hydrogen) atoms. The zero-order chi connectivity index (χ0) is 24.6. The van der Waals surface area contributed by atoms with E-state index in [0.29, 0.717) is 36.8 Å². The van der Waals surface area contributed by atoms with E-state index < -0.39 is 23.9 Å². The van der Waals surface area contributed by atoms with Crippen molar-refractivity contribution in [3.05, 3.63) is 65.2 Å². The molecule has 6 nitrogen and oxygen atoms in total. The van der Waals surface area contributed by atoms with E-state index >= 15 is 0 Å². The minimum atomic E-state index is -5.18. The maximum absolute atomic E-state index is 13.5. The zero-order valence-electron chi connectivity index (χ0n) is 18.9. The van der Waals surface area contributed by atoms with Crippen molar-refractivity contribution in [1.29, 1.82) is 0 Å². The molecule has 1 aliphatic heterocycles. The third-order valence-electron chi connectivity index (χ3n) is 6.38. The average Bonchev–Trinajstić information content (AvgIpc) is 3.09. The lowest BCUT2D eigenvalue weighted by Gasteiger charge is -2.32. The number of likely N-dealkylation sites (tertiary alicyclic amines) is 1. The number of piperidine rings is 1. The smallest absolute Gasteiger partial charge is 0.402 e. The van der Waals surface area contributed by atoms with Crippen LogP contribution in [0.2, 0.25) is 0 Å². The molecule has 0 aliphatic carbocycles. The number of fused-ring (bicyclic) bond motifs is 1. The lowest BCUT2D eigenvalue weighted by atomic mass is 9.88. The van der Waals surface area contributed by atoms with Crippen LogP contribution in [0.3, 0.4) is 0 Å². The lowest BCUT2D eigenvalue weighted by Crippen LogP contribution is -2.38. The van der Waals surface area contributed by atoms with E-state index in [4.69, 9.17) is 10.5 Å². The van der Waals surface area contributed by atoms with Crippen LogP contribution < -0.4 is 10.5 Å². The second-order valence-electron chi connectivity index (χ2n) is 8.67. The number of amides is 1. The summed E-state index contributed by atoms with van der Waals surface area (Å²) < 4.78 is 44.7. The molecule has 1 atom stereocenters. The van der Waals surface area contributed by atoms with Crippen molar-refractivity contribution in [3.63, 3.8) is 0 Å². The maximum Gasteiger partial charge on any atom is 0.491 e. The molecule has 1 saturated heterocycles. The number of hydrogen-bond donors (Lipinski definition) is 1. The van der Waals surface area contributed by atoms with Gasteiger partial charge in [0.1, 0.15) is 5.56 Å². The number of halogens is 3. The minimum absolute atomic E-state index is 0.0342. The summed E-state index contributed by atoms with van der Waals surface area (Å²) in [6, 6.07) is 14.7. The summed E-state index contributed by atoms with van der Waals surface area (Å²) in [5.74, 6) is -2.97. The fourth-order valence-corrected chi connectivity index (χ4v) is 4.51. The number of alkyl halides is 3. The first-order valence-electron chi connectivity index (χ1n) is 11.1. The third kappa shape index (κ3) is 4.52. The van der Waals surface area contributed by atoms with Gasteiger partial charge < -0.3 is 19.9 Å². The summed E-state index contributed by atoms with van der Waals surface area (Å²) in [4.78, 5) is 26.7. The van der Waals surface area contributed by atoms with Gasteiger partial charge in [-0.1, -0.05) is 42.5 Å². The van der Waals surface area contributed by atoms with Crippen molar-refractivity contribution in [2.45, 2.75) is 37.9 Å². The Balaban J connectivity index is 1.59. The summed E-state index contributed by atoms with van der Waals surface area (Å²) in [6.45, 7) is 2.79. The van der Waals surface area contributed by atoms with Gasteiger partial charge >= 0.3 is 12.1 Å². The number of carbonyl (C=O) groups excluding carboxylic acids is 2. The summed E-state index contributed by atoms with van der Waals surface area (Å²) in [7, 11) is 1.47. The van der Waals surface area contributed by atoms with E-state index in [1.165, 1.54) is 11.6 Å². The van der Waals surface area contributed by atoms with Crippen LogP contribution in [-0.2, 0) is 11.8 Å². The minimum Gasteiger partial charge on any atom is -0.402 e. The Morgan fingerprint density at radius 3 is 2.41 bits per heavy atom. The van der Waals surface area contributed by atoms with Gasteiger partial charge in [-0.3, -0.25) is 4.79 Å². The Morgan fingerprint density at radius 2 is 1.76 bits per heavy atom. The van der Waals surface area contributed by atoms with E-state index in [1.807, 2.05) is 25.1 Å². The molecule has 1 fully saturated rings. The van der Waals surface area contributed by atoms with Gasteiger partial charge in [0, 0.05) is 31.6 Å². The molecule has 2 heterocycles. The number of aromatic nitrogens is 1. The van der Waals surface area contributed by atoms with Crippen molar-refractivity contribution in [2.24, 2.45) is 12.8 Å². The Labute approximate surface area is 195 Å². The van der Waals surface area contributed by atoms with E-state index in [2.05, 4.69) is 6.07 Å². The van der Waals surface area contributed by atoms with E-state index in [0.717, 1.165) is 11.1 Å². The number of carbonyl (C=O) groups is 2. The molecule has 2 aromatic carbocycles. The number of para-hydroxylation sites is 1. The molecule has 4 rings (SSSR count). The molecule has 1 aliphatic rings. The molecule has 3 aromatic rings. The Hall–Kier alpha value is -3.33. The molecular formula is C25H26F3N3O3. The van der Waals surface area contributed by atoms with Crippen molar-refractivity contribution >= 4 is 22.8 Å². The Morgan fingerprint density at radius 1 is 1.09 bits per heavy atom. The number of rotatable bonds is 4. The van der Waals surface area contributed by atoms with E-state index in [-0.39, 0.29) is 17.5 Å². The fourth-order valence-electron chi connectivity index (χ4n) is 4.51. The maximum atomic E-state index is 13.5. The molecule has 2 N–H and O–H groups in total. The lowest BCUT2D eigenvalue weighted by molar-refractivity contribution is -0.190. The highest BCUT2D eigenvalue weighted by molar-refractivity contribution is 6.10. The molecule has 1 amide bonds. The van der Waals surface area contributed by atoms with Gasteiger partial charge in [-0.25, -0.2) is 4.79 Å². The van der Waals surface area contributed by atoms with Gasteiger partial charge in [0.05, 0.1) is 5.52 Å². The highest BCUT2D eigenvalue weighted by Crippen LogP contribution is 2.36. The largest absolute Gasteiger partial charge is 0.491 e. The first-order valence-corrected chi connectivity index (χ1v) is 11.1. The van der Waals surface area contributed by atoms with Crippen molar-refractivity contribution < 1.29 is 27.5 Å². The number of nitrogens with two attached hydrogens (primary N) is 1. The summed E-state index contributed by atoms with van der Waals surface area (Å²) in [5.41, 5.74) is 8.67. The van der Waals surface area contributed by atoms with Gasteiger partial charge in [0.15, 0.2) is 0 Å². The molecular weight excluding hydrogens is 447 g/mol. The standard InChI is InChI=1S/C25H26F3N3O3/c1-15(29)17-6-5-7-18(14-17)16-10-12-31(13-11-16)22(32)21-19-8-3-4-9-20(19)30(2)23(21)34-24(33)25(26,27)28/h3-9,14-16H,10-13,29H2,1-2H3. The van der Waals surface area contributed by atoms with E-state index in [1.54, 1.807) is 29.2 Å². The Bertz CT molecular complexity index is 1230. The predicted octanol–water partition coefficient (Wildman–Crippen LogP) is 4.69. The highest BCUT2D eigenvalue weighted by atomic mass is 19.4. The van der Waals surface area contributed by atoms with Gasteiger partial charge in [-0.05, 0) is 42.9 Å². The average molecular weight is 473 g/mol. The SMILES string of the molecule is CC(N)c1cccc(C2CCN(C(=O)c3c(OC(=O)C(F)(F)F)n(C)c4ccccc34)CC2)c1. The molecule has 0 spiro atoms. The van der Waals surface area contributed by atoms with E-state index in [9.17, 15) is 22.8 Å². The van der Waals surface area contributed by atoms with Gasteiger partial charge in [0.2, 0.25) is 5.88 Å². The van der Waals surface area contributed by atoms with Gasteiger partial charge in [-0.2, -0.15) is 13.2 Å². The quantitative estimate of drug-likeness (QED) is 0.558. The van der Waals surface area contributed by atoms with Crippen molar-refractivity contribution in [2.75, 3.05) is 13.1 Å². The van der Waals surface area contributed by atoms with Gasteiger partial charge in [0.25, 0.3) is 5.91 Å². The van der Waals surface area contributed by atoms with Crippen molar-refractivity contribution in [3.8, 4) is 5.88 Å². The number of nitrogens with zero attached hydrogens (tertiary/aromatic N) is 2. The first-order chi connectivity index (χ1) is 16.1. The number of ether oxygens (including phenoxy) is 1. The molecule has 0 saturated carbocycles. The molecule has 9 heteroatoms. The molecule has 180 valence electrons. The topological polar surface area (TPSA) is 77.6 Å². The summed E-state index contributed by atoms with van der Waals surface area (Å²) >= 11 is 0. The number of hydrogen-bond acceptors (Lipinski definition) is 4. The van der Waals surface area contributed by atoms with Crippen LogP contribution in [0, 0.1) is 0 Å². The van der Waals surface area contributed by atoms with Crippen LogP contribution in [0.15, 0.2) is 48.5 Å². The summed E-state index contributed by atoms with van der Waals surface area (Å²) in [5, 5.41) is 0.437. The molecule has 0 radical (unpaired) electrons. The number of esters is 1. The number of benzene rings is 2. The normalized spacial score (nSPS) is 16.0. The first kappa shape index (κ1) is 23.8. The van der Waals surface area contributed by atoms with Crippen LogP contribution in [0.25, 0.3) is 10.9 Å². The zero-order valence-corrected chi connectivity index (χ0v) is 18.9. The molecule has 1 unspecified atom stereocenters. The van der Waals surface area contributed by atoms with Crippen LogP contribution in [0.5, 0.6) is 5.88 Å². The van der Waals surface area contributed by atoms with Crippen LogP contribution in [0.1, 0.15) is 53.2 Å². The van der Waals surface area contributed by atoms with Crippen molar-refractivity contribution in [1.82, 2.24) is 9.47 Å². The summed E-state index contributed by atoms with van der Waals surface area (Å²) in [6.07, 6.45) is -3.77. The molecule has 1 aromatic heterocycles. The molecule has 0 bridgehead atoms. The van der Waals surface area contributed by atoms with Crippen LogP contribution >= 0.6 is 0 Å². The Kier molecular flexibility index (Phi) is 6.40. The third-order valence-corrected chi connectivity index (χ3v) is 6.38. The fraction of sp³-hybridized carbons (Fsp3) is 0.360.